The number of hydrogen-bond acceptors (Lipinski definition) is 4. The lowest BCUT2D eigenvalue weighted by molar-refractivity contribution is 0.491. The summed E-state index contributed by atoms with van der Waals surface area (Å²) in [5, 5.41) is 1.20. The van der Waals surface area contributed by atoms with Gasteiger partial charge in [0.2, 0.25) is 0 Å². The minimum absolute atomic E-state index is 0.632. The summed E-state index contributed by atoms with van der Waals surface area (Å²) in [5.74, 6) is 0.701. The Kier molecular flexibility index (Phi) is 4.62. The van der Waals surface area contributed by atoms with Crippen molar-refractivity contribution < 1.29 is 0 Å². The summed E-state index contributed by atoms with van der Waals surface area (Å²) in [4.78, 5) is 8.64. The predicted octanol–water partition coefficient (Wildman–Crippen LogP) is 3.18. The average Bonchev–Trinajstić information content (AvgIpc) is 2.94. The van der Waals surface area contributed by atoms with E-state index in [0.29, 0.717) is 18.5 Å². The first-order valence-electron chi connectivity index (χ1n) is 7.12. The molecule has 1 saturated heterocycles. The number of aromatic nitrogens is 1. The highest BCUT2D eigenvalue weighted by Crippen LogP contribution is 2.34. The summed E-state index contributed by atoms with van der Waals surface area (Å²) < 4.78 is 0. The maximum absolute atomic E-state index is 5.84. The van der Waals surface area contributed by atoms with Gasteiger partial charge in [-0.3, -0.25) is 0 Å². The van der Waals surface area contributed by atoms with Gasteiger partial charge in [-0.2, -0.15) is 0 Å². The SMILES string of the molecule is CCCc1nc(N2CCCC2C(C)C)sc1CN. The van der Waals surface area contributed by atoms with Crippen LogP contribution in [0.4, 0.5) is 5.13 Å². The summed E-state index contributed by atoms with van der Waals surface area (Å²) in [7, 11) is 0. The third-order valence-corrected chi connectivity index (χ3v) is 4.91. The van der Waals surface area contributed by atoms with Gasteiger partial charge in [-0.1, -0.05) is 27.2 Å². The van der Waals surface area contributed by atoms with E-state index in [9.17, 15) is 0 Å². The molecule has 4 heteroatoms. The van der Waals surface area contributed by atoms with Crippen molar-refractivity contribution in [1.29, 1.82) is 0 Å². The lowest BCUT2D eigenvalue weighted by Gasteiger charge is -2.27. The summed E-state index contributed by atoms with van der Waals surface area (Å²) >= 11 is 1.81. The maximum atomic E-state index is 5.84. The number of rotatable bonds is 5. The van der Waals surface area contributed by atoms with Crippen molar-refractivity contribution in [1.82, 2.24) is 4.98 Å². The van der Waals surface area contributed by atoms with E-state index in [4.69, 9.17) is 10.7 Å². The van der Waals surface area contributed by atoms with E-state index in [0.717, 1.165) is 19.4 Å². The Hall–Kier alpha value is -0.610. The van der Waals surface area contributed by atoms with Crippen LogP contribution >= 0.6 is 11.3 Å². The van der Waals surface area contributed by atoms with E-state index in [2.05, 4.69) is 25.7 Å². The van der Waals surface area contributed by atoms with Gasteiger partial charge in [-0.05, 0) is 25.2 Å². The van der Waals surface area contributed by atoms with Crippen LogP contribution in [0.25, 0.3) is 0 Å². The molecule has 1 fully saturated rings. The highest BCUT2D eigenvalue weighted by atomic mass is 32.1. The number of hydrogen-bond donors (Lipinski definition) is 1. The van der Waals surface area contributed by atoms with Gasteiger partial charge < -0.3 is 10.6 Å². The van der Waals surface area contributed by atoms with Crippen molar-refractivity contribution in [3.8, 4) is 0 Å². The largest absolute Gasteiger partial charge is 0.345 e. The lowest BCUT2D eigenvalue weighted by Crippen LogP contribution is -2.33. The number of thiazole rings is 1. The molecule has 1 aromatic heterocycles. The fraction of sp³-hybridized carbons (Fsp3) is 0.786. The van der Waals surface area contributed by atoms with E-state index in [1.54, 1.807) is 0 Å². The zero-order chi connectivity index (χ0) is 13.1. The van der Waals surface area contributed by atoms with Crippen LogP contribution in [0.15, 0.2) is 0 Å². The van der Waals surface area contributed by atoms with Crippen molar-refractivity contribution >= 4 is 16.5 Å². The number of nitrogens with zero attached hydrogens (tertiary/aromatic N) is 2. The van der Waals surface area contributed by atoms with Crippen molar-refractivity contribution in [2.75, 3.05) is 11.4 Å². The Morgan fingerprint density at radius 2 is 2.28 bits per heavy atom. The molecule has 18 heavy (non-hydrogen) atoms. The standard InChI is InChI=1S/C14H25N3S/c1-4-6-11-13(9-15)18-14(16-11)17-8-5-7-12(17)10(2)3/h10,12H,4-9,15H2,1-3H3. The molecular formula is C14H25N3S. The zero-order valence-electron chi connectivity index (χ0n) is 11.8. The molecule has 2 heterocycles. The Bertz CT molecular complexity index is 386. The smallest absolute Gasteiger partial charge is 0.186 e. The van der Waals surface area contributed by atoms with Gasteiger partial charge in [0.25, 0.3) is 0 Å². The molecule has 2 rings (SSSR count). The van der Waals surface area contributed by atoms with Crippen molar-refractivity contribution in [3.63, 3.8) is 0 Å². The summed E-state index contributed by atoms with van der Waals surface area (Å²) in [5.41, 5.74) is 7.07. The van der Waals surface area contributed by atoms with Gasteiger partial charge in [0, 0.05) is 24.0 Å². The molecule has 2 N–H and O–H groups in total. The monoisotopic (exact) mass is 267 g/mol. The molecule has 1 aromatic rings. The number of anilines is 1. The molecule has 0 aliphatic carbocycles. The zero-order valence-corrected chi connectivity index (χ0v) is 12.6. The minimum atomic E-state index is 0.632. The van der Waals surface area contributed by atoms with Crippen LogP contribution in [0.5, 0.6) is 0 Å². The number of aryl methyl sites for hydroxylation is 1. The molecule has 0 radical (unpaired) electrons. The van der Waals surface area contributed by atoms with Crippen LogP contribution in [0.2, 0.25) is 0 Å². The van der Waals surface area contributed by atoms with Gasteiger partial charge in [0.15, 0.2) is 5.13 Å². The van der Waals surface area contributed by atoms with Gasteiger partial charge in [-0.25, -0.2) is 4.98 Å². The quantitative estimate of drug-likeness (QED) is 0.891. The summed E-state index contributed by atoms with van der Waals surface area (Å²) in [6, 6.07) is 0.663. The van der Waals surface area contributed by atoms with Gasteiger partial charge >= 0.3 is 0 Å². The van der Waals surface area contributed by atoms with Crippen molar-refractivity contribution in [2.45, 2.75) is 59.0 Å². The van der Waals surface area contributed by atoms with Gasteiger partial charge in [0.05, 0.1) is 5.69 Å². The molecule has 1 unspecified atom stereocenters. The van der Waals surface area contributed by atoms with E-state index in [-0.39, 0.29) is 0 Å². The first-order chi connectivity index (χ1) is 8.67. The third-order valence-electron chi connectivity index (χ3n) is 3.75. The fourth-order valence-corrected chi connectivity index (χ4v) is 3.88. The highest BCUT2D eigenvalue weighted by molar-refractivity contribution is 7.15. The summed E-state index contributed by atoms with van der Waals surface area (Å²) in [6.45, 7) is 8.62. The topological polar surface area (TPSA) is 42.2 Å². The van der Waals surface area contributed by atoms with Gasteiger partial charge in [0.1, 0.15) is 0 Å². The van der Waals surface area contributed by atoms with Crippen LogP contribution in [-0.4, -0.2) is 17.6 Å². The first kappa shape index (κ1) is 13.8. The van der Waals surface area contributed by atoms with Crippen LogP contribution < -0.4 is 10.6 Å². The Morgan fingerprint density at radius 1 is 1.50 bits per heavy atom. The Balaban J connectivity index is 2.22. The first-order valence-corrected chi connectivity index (χ1v) is 7.94. The maximum Gasteiger partial charge on any atom is 0.186 e. The third kappa shape index (κ3) is 2.69. The second kappa shape index (κ2) is 6.02. The summed E-state index contributed by atoms with van der Waals surface area (Å²) in [6.07, 6.45) is 4.80. The van der Waals surface area contributed by atoms with E-state index in [1.807, 2.05) is 11.3 Å². The molecule has 0 bridgehead atoms. The van der Waals surface area contributed by atoms with E-state index in [1.165, 1.54) is 28.5 Å². The van der Waals surface area contributed by atoms with Crippen LogP contribution in [0, 0.1) is 5.92 Å². The molecule has 0 saturated carbocycles. The molecule has 102 valence electrons. The molecular weight excluding hydrogens is 242 g/mol. The van der Waals surface area contributed by atoms with Crippen LogP contribution in [0.3, 0.4) is 0 Å². The average molecular weight is 267 g/mol. The molecule has 3 nitrogen and oxygen atoms in total. The van der Waals surface area contributed by atoms with Crippen molar-refractivity contribution in [3.05, 3.63) is 10.6 Å². The van der Waals surface area contributed by atoms with Crippen molar-refractivity contribution in [2.24, 2.45) is 11.7 Å². The minimum Gasteiger partial charge on any atom is -0.345 e. The fourth-order valence-electron chi connectivity index (χ4n) is 2.81. The van der Waals surface area contributed by atoms with Crippen LogP contribution in [0.1, 0.15) is 50.6 Å². The molecule has 0 aromatic carbocycles. The Labute approximate surface area is 114 Å². The second-order valence-electron chi connectivity index (χ2n) is 5.47. The van der Waals surface area contributed by atoms with Gasteiger partial charge in [-0.15, -0.1) is 11.3 Å². The number of nitrogens with two attached hydrogens (primary N) is 1. The Morgan fingerprint density at radius 3 is 2.89 bits per heavy atom. The molecule has 1 atom stereocenters. The van der Waals surface area contributed by atoms with Crippen LogP contribution in [-0.2, 0) is 13.0 Å². The van der Waals surface area contributed by atoms with E-state index < -0.39 is 0 Å². The molecule has 0 amide bonds. The lowest BCUT2D eigenvalue weighted by atomic mass is 10.0. The predicted molar refractivity (Wildman–Crippen MR) is 79.2 cm³/mol. The molecule has 1 aliphatic rings. The van der Waals surface area contributed by atoms with E-state index >= 15 is 0 Å². The second-order valence-corrected chi connectivity index (χ2v) is 6.53. The molecule has 1 aliphatic heterocycles. The molecule has 0 spiro atoms. The normalized spacial score (nSPS) is 20.1. The highest BCUT2D eigenvalue weighted by Gasteiger charge is 2.29.